The summed E-state index contributed by atoms with van der Waals surface area (Å²) in [5, 5.41) is 7.68. The van der Waals surface area contributed by atoms with Gasteiger partial charge in [0, 0.05) is 0 Å². The smallest absolute Gasteiger partial charge is 0.333 e. The normalized spacial score (nSPS) is 21.1. The summed E-state index contributed by atoms with van der Waals surface area (Å²) in [6, 6.07) is 0. The van der Waals surface area contributed by atoms with Crippen molar-refractivity contribution in [2.45, 2.75) is 18.1 Å². The van der Waals surface area contributed by atoms with Crippen LogP contribution in [0.5, 0.6) is 0 Å². The molecule has 1 aliphatic heterocycles. The Morgan fingerprint density at radius 3 is 1.84 bits per heavy atom. The zero-order chi connectivity index (χ0) is 19.5. The first-order chi connectivity index (χ1) is 11.2. The standard InChI is InChI=1S/C11H3F10NO3/c12-4-2-3(5(13)7(15)6(4)14)10(11(19,20)21,22(24)8(2)23)25-1-9(16,17)18/h24H,1H2. The maximum atomic E-state index is 13.8. The van der Waals surface area contributed by atoms with Crippen molar-refractivity contribution in [3.05, 3.63) is 34.4 Å². The number of ether oxygens (including phenoxy) is 1. The van der Waals surface area contributed by atoms with Crippen LogP contribution in [-0.2, 0) is 10.5 Å². The van der Waals surface area contributed by atoms with Crippen LogP contribution in [0, 0.1) is 23.3 Å². The fourth-order valence-corrected chi connectivity index (χ4v) is 2.17. The van der Waals surface area contributed by atoms with Crippen LogP contribution in [0.2, 0.25) is 0 Å². The number of hydrogen-bond acceptors (Lipinski definition) is 3. The van der Waals surface area contributed by atoms with E-state index in [9.17, 15) is 53.9 Å². The van der Waals surface area contributed by atoms with Crippen LogP contribution in [0.3, 0.4) is 0 Å². The largest absolute Gasteiger partial charge is 0.444 e. The molecule has 2 rings (SSSR count). The molecule has 0 spiro atoms. The Kier molecular flexibility index (Phi) is 4.20. The third-order valence-corrected chi connectivity index (χ3v) is 3.14. The summed E-state index contributed by atoms with van der Waals surface area (Å²) in [4.78, 5) is 11.5. The molecular formula is C11H3F10NO3. The number of carbonyl (C=O) groups is 1. The van der Waals surface area contributed by atoms with Crippen LogP contribution in [0.1, 0.15) is 15.9 Å². The number of alkyl halides is 6. The number of amides is 1. The van der Waals surface area contributed by atoms with Gasteiger partial charge in [-0.1, -0.05) is 0 Å². The first kappa shape index (κ1) is 19.2. The molecule has 1 amide bonds. The highest BCUT2D eigenvalue weighted by atomic mass is 19.4. The average Bonchev–Trinajstić information content (AvgIpc) is 2.69. The molecule has 140 valence electrons. The van der Waals surface area contributed by atoms with E-state index in [1.807, 2.05) is 0 Å². The van der Waals surface area contributed by atoms with Gasteiger partial charge in [0.1, 0.15) is 6.61 Å². The lowest BCUT2D eigenvalue weighted by molar-refractivity contribution is -0.391. The summed E-state index contributed by atoms with van der Waals surface area (Å²) in [7, 11) is 0. The van der Waals surface area contributed by atoms with Gasteiger partial charge in [-0.05, 0) is 0 Å². The number of halogens is 10. The number of rotatable bonds is 2. The predicted molar refractivity (Wildman–Crippen MR) is 54.0 cm³/mol. The second-order valence-electron chi connectivity index (χ2n) is 4.67. The third-order valence-electron chi connectivity index (χ3n) is 3.14. The molecule has 1 heterocycles. The van der Waals surface area contributed by atoms with Crippen molar-refractivity contribution >= 4 is 5.91 Å². The van der Waals surface area contributed by atoms with E-state index in [4.69, 9.17) is 0 Å². The minimum Gasteiger partial charge on any atom is -0.333 e. The molecule has 1 aromatic carbocycles. The molecule has 0 aliphatic carbocycles. The number of hydroxylamine groups is 2. The third kappa shape index (κ3) is 2.59. The molecule has 0 fully saturated rings. The molecule has 1 N–H and O–H groups in total. The van der Waals surface area contributed by atoms with Crippen molar-refractivity contribution in [1.29, 1.82) is 0 Å². The summed E-state index contributed by atoms with van der Waals surface area (Å²) < 4.78 is 134. The molecule has 1 aliphatic rings. The van der Waals surface area contributed by atoms with Crippen LogP contribution in [0.4, 0.5) is 43.9 Å². The van der Waals surface area contributed by atoms with E-state index in [-0.39, 0.29) is 0 Å². The van der Waals surface area contributed by atoms with Gasteiger partial charge >= 0.3 is 12.4 Å². The molecule has 1 unspecified atom stereocenters. The predicted octanol–water partition coefficient (Wildman–Crippen LogP) is 3.38. The highest BCUT2D eigenvalue weighted by molar-refractivity contribution is 5.99. The van der Waals surface area contributed by atoms with Gasteiger partial charge in [0.25, 0.3) is 11.6 Å². The molecule has 0 saturated carbocycles. The highest BCUT2D eigenvalue weighted by Gasteiger charge is 2.71. The molecule has 0 bridgehead atoms. The second kappa shape index (κ2) is 5.45. The first-order valence-electron chi connectivity index (χ1n) is 5.84. The lowest BCUT2D eigenvalue weighted by Crippen LogP contribution is -2.56. The molecule has 4 nitrogen and oxygen atoms in total. The molecule has 0 radical (unpaired) electrons. The lowest BCUT2D eigenvalue weighted by atomic mass is 9.98. The van der Waals surface area contributed by atoms with E-state index in [0.717, 1.165) is 0 Å². The molecule has 0 saturated heterocycles. The van der Waals surface area contributed by atoms with Gasteiger partial charge in [0.2, 0.25) is 0 Å². The van der Waals surface area contributed by atoms with E-state index >= 15 is 0 Å². The van der Waals surface area contributed by atoms with Crippen LogP contribution < -0.4 is 0 Å². The molecular weight excluding hydrogens is 384 g/mol. The highest BCUT2D eigenvalue weighted by Crippen LogP contribution is 2.52. The first-order valence-corrected chi connectivity index (χ1v) is 5.84. The van der Waals surface area contributed by atoms with Crippen molar-refractivity contribution in [3.63, 3.8) is 0 Å². The number of fused-ring (bicyclic) bond motifs is 1. The second-order valence-corrected chi connectivity index (χ2v) is 4.67. The molecule has 14 heteroatoms. The van der Waals surface area contributed by atoms with Crippen molar-refractivity contribution in [2.75, 3.05) is 6.61 Å². The van der Waals surface area contributed by atoms with Crippen LogP contribution >= 0.6 is 0 Å². The fraction of sp³-hybridized carbons (Fsp3) is 0.364. The number of nitrogens with zero attached hydrogens (tertiary/aromatic N) is 1. The Labute approximate surface area is 130 Å². The average molecular weight is 387 g/mol. The number of hydrogen-bond donors (Lipinski definition) is 1. The lowest BCUT2D eigenvalue weighted by Gasteiger charge is -2.36. The van der Waals surface area contributed by atoms with Crippen molar-refractivity contribution in [3.8, 4) is 0 Å². The van der Waals surface area contributed by atoms with E-state index in [0.29, 0.717) is 0 Å². The quantitative estimate of drug-likeness (QED) is 0.367. The fourth-order valence-electron chi connectivity index (χ4n) is 2.17. The summed E-state index contributed by atoms with van der Waals surface area (Å²) >= 11 is 0. The van der Waals surface area contributed by atoms with Gasteiger partial charge in [-0.25, -0.2) is 17.6 Å². The van der Waals surface area contributed by atoms with E-state index in [2.05, 4.69) is 4.74 Å². The SMILES string of the molecule is O=C1c2c(F)c(F)c(F)c(F)c2C(OCC(F)(F)F)(C(F)(F)F)N1O. The Morgan fingerprint density at radius 2 is 1.40 bits per heavy atom. The molecule has 0 aromatic heterocycles. The van der Waals surface area contributed by atoms with Gasteiger partial charge in [-0.2, -0.15) is 31.4 Å². The Bertz CT molecular complexity index is 743. The number of benzene rings is 1. The monoisotopic (exact) mass is 387 g/mol. The zero-order valence-corrected chi connectivity index (χ0v) is 11.2. The van der Waals surface area contributed by atoms with E-state index in [1.165, 1.54) is 0 Å². The van der Waals surface area contributed by atoms with Gasteiger partial charge < -0.3 is 4.74 Å². The maximum Gasteiger partial charge on any atom is 0.444 e. The molecule has 25 heavy (non-hydrogen) atoms. The Morgan fingerprint density at radius 1 is 0.920 bits per heavy atom. The summed E-state index contributed by atoms with van der Waals surface area (Å²) in [6.45, 7) is -2.80. The van der Waals surface area contributed by atoms with Crippen LogP contribution in [0.15, 0.2) is 0 Å². The van der Waals surface area contributed by atoms with Gasteiger partial charge in [-0.3, -0.25) is 10.0 Å². The summed E-state index contributed by atoms with van der Waals surface area (Å²) in [5.74, 6) is -13.5. The van der Waals surface area contributed by atoms with Crippen molar-refractivity contribution in [2.24, 2.45) is 0 Å². The topological polar surface area (TPSA) is 49.8 Å². The Hall–Kier alpha value is -2.09. The summed E-state index contributed by atoms with van der Waals surface area (Å²) in [5.41, 5.74) is -9.56. The number of carbonyl (C=O) groups excluding carboxylic acids is 1. The maximum absolute atomic E-state index is 13.8. The van der Waals surface area contributed by atoms with Gasteiger partial charge in [0.15, 0.2) is 23.3 Å². The zero-order valence-electron chi connectivity index (χ0n) is 11.2. The minimum atomic E-state index is -6.20. The van der Waals surface area contributed by atoms with Gasteiger partial charge in [-0.15, -0.1) is 0 Å². The van der Waals surface area contributed by atoms with Crippen LogP contribution in [0.25, 0.3) is 0 Å². The molecule has 1 aromatic rings. The molecule has 1 atom stereocenters. The van der Waals surface area contributed by atoms with Gasteiger partial charge in [0.05, 0.1) is 11.1 Å². The van der Waals surface area contributed by atoms with Crippen LogP contribution in [-0.4, -0.2) is 35.1 Å². The minimum absolute atomic E-state index is 1.60. The Balaban J connectivity index is 2.87. The van der Waals surface area contributed by atoms with Crippen molar-refractivity contribution < 1.29 is 58.6 Å². The van der Waals surface area contributed by atoms with E-state index < -0.39 is 70.1 Å². The van der Waals surface area contributed by atoms with Crippen molar-refractivity contribution in [1.82, 2.24) is 5.06 Å². The summed E-state index contributed by atoms with van der Waals surface area (Å²) in [6.07, 6.45) is -11.7. The van der Waals surface area contributed by atoms with E-state index in [1.54, 1.807) is 0 Å².